The Balaban J connectivity index is 0.00000784. The summed E-state index contributed by atoms with van der Waals surface area (Å²) in [7, 11) is 0. The molecule has 0 radical (unpaired) electrons. The molecule has 7 nitrogen and oxygen atoms in total. The maximum atomic E-state index is 11.9. The molecule has 29 heavy (non-hydrogen) atoms. The van der Waals surface area contributed by atoms with Gasteiger partial charge in [0.1, 0.15) is 0 Å². The predicted molar refractivity (Wildman–Crippen MR) is 132 cm³/mol. The molecule has 0 aromatic carbocycles. The monoisotopic (exact) mass is 525 g/mol. The molecule has 1 amide bonds. The number of likely N-dealkylation sites (tertiary alicyclic amines) is 1. The van der Waals surface area contributed by atoms with Crippen LogP contribution >= 0.6 is 24.0 Å². The molecule has 1 aliphatic heterocycles. The van der Waals surface area contributed by atoms with Gasteiger partial charge >= 0.3 is 0 Å². The molecular weight excluding hydrogens is 481 g/mol. The van der Waals surface area contributed by atoms with Gasteiger partial charge in [-0.05, 0) is 50.9 Å². The zero-order chi connectivity index (χ0) is 20.8. The van der Waals surface area contributed by atoms with Gasteiger partial charge in [-0.3, -0.25) is 14.7 Å². The van der Waals surface area contributed by atoms with Crippen LogP contribution in [0.15, 0.2) is 4.99 Å². The molecule has 0 aromatic rings. The summed E-state index contributed by atoms with van der Waals surface area (Å²) < 4.78 is 0. The second-order valence-electron chi connectivity index (χ2n) is 8.27. The van der Waals surface area contributed by atoms with Crippen molar-refractivity contribution in [2.45, 2.75) is 65.8 Å². The zero-order valence-corrected chi connectivity index (χ0v) is 21.2. The maximum Gasteiger partial charge on any atom is 0.234 e. The number of halogens is 1. The Morgan fingerprint density at radius 2 is 1.90 bits per heavy atom. The average Bonchev–Trinajstić information content (AvgIpc) is 2.65. The Kier molecular flexibility index (Phi) is 16.7. The number of aliphatic imine (C=N–C) groups is 1. The number of hydrogen-bond donors (Lipinski definition) is 4. The molecular formula is C21H44IN5O2. The van der Waals surface area contributed by atoms with E-state index in [0.717, 1.165) is 70.8 Å². The van der Waals surface area contributed by atoms with E-state index in [9.17, 15) is 9.90 Å². The lowest BCUT2D eigenvalue weighted by molar-refractivity contribution is -0.122. The molecule has 1 atom stereocenters. The second-order valence-corrected chi connectivity index (χ2v) is 8.27. The maximum absolute atomic E-state index is 11.9. The summed E-state index contributed by atoms with van der Waals surface area (Å²) in [6.45, 7) is 13.5. The molecule has 4 N–H and O–H groups in total. The van der Waals surface area contributed by atoms with Crippen molar-refractivity contribution < 1.29 is 9.90 Å². The van der Waals surface area contributed by atoms with Crippen LogP contribution in [-0.2, 0) is 4.79 Å². The highest BCUT2D eigenvalue weighted by Crippen LogP contribution is 2.16. The molecule has 1 saturated heterocycles. The standard InChI is InChI=1S/C21H43N5O2.HI/c1-5-10-23-20(28)16-26-11-7-19(8-12-26)25-21(22-6-2)24-15-18(9-13-27)14-17(3)4;/h17-19,27H,5-16H2,1-4H3,(H,23,28)(H2,22,24,25);1H. The summed E-state index contributed by atoms with van der Waals surface area (Å²) in [6.07, 6.45) is 4.89. The first kappa shape index (κ1) is 28.4. The van der Waals surface area contributed by atoms with Gasteiger partial charge in [-0.1, -0.05) is 20.8 Å². The molecule has 1 fully saturated rings. The van der Waals surface area contributed by atoms with Crippen LogP contribution in [0.4, 0.5) is 0 Å². The van der Waals surface area contributed by atoms with Gasteiger partial charge < -0.3 is 21.1 Å². The van der Waals surface area contributed by atoms with Crippen molar-refractivity contribution >= 4 is 35.8 Å². The Bertz CT molecular complexity index is 454. The topological polar surface area (TPSA) is 89.0 Å². The molecule has 1 rings (SSSR count). The van der Waals surface area contributed by atoms with Crippen LogP contribution in [-0.4, -0.2) is 73.8 Å². The fraction of sp³-hybridized carbons (Fsp3) is 0.905. The van der Waals surface area contributed by atoms with Crippen molar-refractivity contribution in [2.24, 2.45) is 16.8 Å². The van der Waals surface area contributed by atoms with Crippen LogP contribution in [0.3, 0.4) is 0 Å². The lowest BCUT2D eigenvalue weighted by Crippen LogP contribution is -2.50. The van der Waals surface area contributed by atoms with E-state index >= 15 is 0 Å². The van der Waals surface area contributed by atoms with E-state index < -0.39 is 0 Å². The average molecular weight is 526 g/mol. The van der Waals surface area contributed by atoms with Gasteiger partial charge in [0.05, 0.1) is 6.54 Å². The highest BCUT2D eigenvalue weighted by molar-refractivity contribution is 14.0. The van der Waals surface area contributed by atoms with Gasteiger partial charge in [-0.25, -0.2) is 0 Å². The molecule has 0 aliphatic carbocycles. The van der Waals surface area contributed by atoms with Crippen LogP contribution in [0, 0.1) is 11.8 Å². The van der Waals surface area contributed by atoms with Gasteiger partial charge in [0.2, 0.25) is 5.91 Å². The first-order valence-electron chi connectivity index (χ1n) is 11.1. The smallest absolute Gasteiger partial charge is 0.234 e. The summed E-state index contributed by atoms with van der Waals surface area (Å²) in [5, 5.41) is 19.2. The number of aliphatic hydroxyl groups is 1. The molecule has 1 heterocycles. The summed E-state index contributed by atoms with van der Waals surface area (Å²) in [4.78, 5) is 18.9. The van der Waals surface area contributed by atoms with Crippen LogP contribution in [0.5, 0.6) is 0 Å². The second kappa shape index (κ2) is 17.1. The van der Waals surface area contributed by atoms with Gasteiger partial charge in [0.15, 0.2) is 5.96 Å². The molecule has 1 unspecified atom stereocenters. The van der Waals surface area contributed by atoms with E-state index in [1.54, 1.807) is 0 Å². The quantitative estimate of drug-likeness (QED) is 0.178. The number of amides is 1. The van der Waals surface area contributed by atoms with E-state index in [1.807, 2.05) is 0 Å². The summed E-state index contributed by atoms with van der Waals surface area (Å²) in [6, 6.07) is 0.383. The van der Waals surface area contributed by atoms with Crippen molar-refractivity contribution in [3.8, 4) is 0 Å². The van der Waals surface area contributed by atoms with Crippen molar-refractivity contribution in [1.82, 2.24) is 20.9 Å². The zero-order valence-electron chi connectivity index (χ0n) is 18.9. The molecule has 172 valence electrons. The van der Waals surface area contributed by atoms with Crippen LogP contribution in [0.2, 0.25) is 0 Å². The van der Waals surface area contributed by atoms with Crippen LogP contribution in [0.1, 0.15) is 59.8 Å². The van der Waals surface area contributed by atoms with Crippen molar-refractivity contribution in [3.05, 3.63) is 0 Å². The van der Waals surface area contributed by atoms with E-state index in [1.165, 1.54) is 0 Å². The normalized spacial score (nSPS) is 17.0. The highest BCUT2D eigenvalue weighted by Gasteiger charge is 2.21. The third-order valence-corrected chi connectivity index (χ3v) is 5.06. The van der Waals surface area contributed by atoms with Gasteiger partial charge in [0.25, 0.3) is 0 Å². The Morgan fingerprint density at radius 3 is 2.45 bits per heavy atom. The van der Waals surface area contributed by atoms with E-state index in [0.29, 0.717) is 24.4 Å². The molecule has 0 saturated carbocycles. The number of hydrogen-bond acceptors (Lipinski definition) is 4. The largest absolute Gasteiger partial charge is 0.396 e. The number of rotatable bonds is 12. The molecule has 0 aromatic heterocycles. The van der Waals surface area contributed by atoms with Crippen molar-refractivity contribution in [3.63, 3.8) is 0 Å². The number of aliphatic hydroxyl groups excluding tert-OH is 1. The number of guanidine groups is 1. The molecule has 1 aliphatic rings. The van der Waals surface area contributed by atoms with Gasteiger partial charge in [-0.15, -0.1) is 24.0 Å². The minimum atomic E-state index is 0. The lowest BCUT2D eigenvalue weighted by Gasteiger charge is -2.32. The Morgan fingerprint density at radius 1 is 1.21 bits per heavy atom. The third-order valence-electron chi connectivity index (χ3n) is 5.06. The third kappa shape index (κ3) is 13.3. The number of carbonyl (C=O) groups is 1. The SMILES string of the molecule is CCCNC(=O)CN1CCC(NC(=NCC(CCO)CC(C)C)NCC)CC1.I. The summed E-state index contributed by atoms with van der Waals surface area (Å²) >= 11 is 0. The van der Waals surface area contributed by atoms with Crippen LogP contribution in [0.25, 0.3) is 0 Å². The number of nitrogens with zero attached hydrogens (tertiary/aromatic N) is 2. The minimum absolute atomic E-state index is 0. The van der Waals surface area contributed by atoms with Crippen molar-refractivity contribution in [1.29, 1.82) is 0 Å². The first-order chi connectivity index (χ1) is 13.5. The Labute approximate surface area is 194 Å². The van der Waals surface area contributed by atoms with E-state index in [-0.39, 0.29) is 36.5 Å². The predicted octanol–water partition coefficient (Wildman–Crippen LogP) is 2.19. The van der Waals surface area contributed by atoms with E-state index in [2.05, 4.69) is 48.5 Å². The number of piperidine rings is 1. The number of carbonyl (C=O) groups excluding carboxylic acids is 1. The molecule has 8 heteroatoms. The van der Waals surface area contributed by atoms with Gasteiger partial charge in [-0.2, -0.15) is 0 Å². The highest BCUT2D eigenvalue weighted by atomic mass is 127. The minimum Gasteiger partial charge on any atom is -0.396 e. The Hall–Kier alpha value is -0.610. The lowest BCUT2D eigenvalue weighted by atomic mass is 9.94. The number of nitrogens with one attached hydrogen (secondary N) is 3. The first-order valence-corrected chi connectivity index (χ1v) is 11.1. The summed E-state index contributed by atoms with van der Waals surface area (Å²) in [5.74, 6) is 2.03. The molecule has 0 spiro atoms. The fourth-order valence-electron chi connectivity index (χ4n) is 3.63. The van der Waals surface area contributed by atoms with Crippen molar-refractivity contribution in [2.75, 3.05) is 45.9 Å². The fourth-order valence-corrected chi connectivity index (χ4v) is 3.63. The molecule has 0 bridgehead atoms. The van der Waals surface area contributed by atoms with E-state index in [4.69, 9.17) is 4.99 Å². The summed E-state index contributed by atoms with van der Waals surface area (Å²) in [5.41, 5.74) is 0. The van der Waals surface area contributed by atoms with Crippen LogP contribution < -0.4 is 16.0 Å². The van der Waals surface area contributed by atoms with Gasteiger partial charge in [0, 0.05) is 45.4 Å².